The lowest BCUT2D eigenvalue weighted by Crippen LogP contribution is -2.36. The van der Waals surface area contributed by atoms with Crippen LogP contribution in [-0.4, -0.2) is 36.5 Å². The largest absolute Gasteiger partial charge is 0.465 e. The highest BCUT2D eigenvalue weighted by Gasteiger charge is 2.21. The number of carbonyl (C=O) groups excluding carboxylic acids is 2. The molecule has 0 aliphatic heterocycles. The van der Waals surface area contributed by atoms with Crippen molar-refractivity contribution in [1.82, 2.24) is 4.90 Å². The molecule has 1 aromatic rings. The van der Waals surface area contributed by atoms with E-state index < -0.39 is 0 Å². The van der Waals surface area contributed by atoms with E-state index in [0.29, 0.717) is 18.0 Å². The van der Waals surface area contributed by atoms with E-state index in [1.807, 2.05) is 19.9 Å². The Morgan fingerprint density at radius 2 is 2.00 bits per heavy atom. The average Bonchev–Trinajstić information content (AvgIpc) is 2.79. The Bertz CT molecular complexity index is 468. The Morgan fingerprint density at radius 1 is 1.30 bits per heavy atom. The van der Waals surface area contributed by atoms with Gasteiger partial charge >= 0.3 is 5.97 Å². The monoisotopic (exact) mass is 297 g/mol. The highest BCUT2D eigenvalue weighted by Crippen LogP contribution is 2.23. The first-order valence-corrected chi connectivity index (χ1v) is 7.89. The van der Waals surface area contributed by atoms with E-state index in [1.165, 1.54) is 16.2 Å². The summed E-state index contributed by atoms with van der Waals surface area (Å²) in [6.07, 6.45) is 1.74. The van der Waals surface area contributed by atoms with Crippen molar-refractivity contribution >= 4 is 23.2 Å². The molecule has 5 heteroatoms. The van der Waals surface area contributed by atoms with Gasteiger partial charge < -0.3 is 9.64 Å². The molecular weight excluding hydrogens is 274 g/mol. The quantitative estimate of drug-likeness (QED) is 0.727. The van der Waals surface area contributed by atoms with E-state index in [9.17, 15) is 9.59 Å². The van der Waals surface area contributed by atoms with Crippen LogP contribution in [0.4, 0.5) is 0 Å². The number of hydrogen-bond donors (Lipinski definition) is 0. The summed E-state index contributed by atoms with van der Waals surface area (Å²) in [5.41, 5.74) is 1.15. The third kappa shape index (κ3) is 4.34. The van der Waals surface area contributed by atoms with Crippen LogP contribution in [0, 0.1) is 6.92 Å². The number of esters is 1. The number of thiophene rings is 1. The third-order valence-corrected chi connectivity index (χ3v) is 4.33. The Hall–Kier alpha value is -1.36. The van der Waals surface area contributed by atoms with Gasteiger partial charge in [0.2, 0.25) is 0 Å². The van der Waals surface area contributed by atoms with Crippen LogP contribution in [0.25, 0.3) is 0 Å². The fourth-order valence-corrected chi connectivity index (χ4v) is 3.10. The number of hydrogen-bond acceptors (Lipinski definition) is 4. The lowest BCUT2D eigenvalue weighted by atomic mass is 10.2. The second-order valence-corrected chi connectivity index (χ2v) is 5.74. The summed E-state index contributed by atoms with van der Waals surface area (Å²) in [4.78, 5) is 27.6. The Labute approximate surface area is 124 Å². The predicted octanol–water partition coefficient (Wildman–Crippen LogP) is 3.03. The number of rotatable bonds is 7. The molecule has 4 nitrogen and oxygen atoms in total. The first-order valence-electron chi connectivity index (χ1n) is 7.07. The van der Waals surface area contributed by atoms with E-state index in [1.54, 1.807) is 11.8 Å². The summed E-state index contributed by atoms with van der Waals surface area (Å²) >= 11 is 1.52. The summed E-state index contributed by atoms with van der Waals surface area (Å²) in [6.45, 7) is 8.78. The van der Waals surface area contributed by atoms with Crippen LogP contribution in [0.5, 0.6) is 0 Å². The Balaban J connectivity index is 2.84. The summed E-state index contributed by atoms with van der Waals surface area (Å²) < 4.78 is 4.93. The van der Waals surface area contributed by atoms with Gasteiger partial charge in [-0.3, -0.25) is 9.59 Å². The normalized spacial score (nSPS) is 10.4. The van der Waals surface area contributed by atoms with Crippen molar-refractivity contribution in [3.8, 4) is 0 Å². The molecule has 1 amide bonds. The summed E-state index contributed by atoms with van der Waals surface area (Å²) in [5, 5.41) is 0. The lowest BCUT2D eigenvalue weighted by molar-refractivity contribution is -0.143. The second kappa shape index (κ2) is 8.04. The highest BCUT2D eigenvalue weighted by molar-refractivity contribution is 7.14. The molecule has 0 radical (unpaired) electrons. The molecule has 0 spiro atoms. The number of nitrogens with zero attached hydrogens (tertiary/aromatic N) is 1. The van der Waals surface area contributed by atoms with Crippen molar-refractivity contribution in [1.29, 1.82) is 0 Å². The van der Waals surface area contributed by atoms with E-state index in [0.717, 1.165) is 18.4 Å². The molecule has 0 unspecified atom stereocenters. The summed E-state index contributed by atoms with van der Waals surface area (Å²) in [5.74, 6) is -0.425. The van der Waals surface area contributed by atoms with Gasteiger partial charge in [-0.05, 0) is 38.3 Å². The third-order valence-electron chi connectivity index (χ3n) is 2.96. The van der Waals surface area contributed by atoms with Crippen LogP contribution in [0.2, 0.25) is 0 Å². The zero-order valence-corrected chi connectivity index (χ0v) is 13.5. The zero-order valence-electron chi connectivity index (χ0n) is 12.7. The van der Waals surface area contributed by atoms with Gasteiger partial charge in [-0.25, -0.2) is 0 Å². The molecule has 1 heterocycles. The van der Waals surface area contributed by atoms with Gasteiger partial charge in [0.1, 0.15) is 6.54 Å². The molecule has 0 atom stereocenters. The average molecular weight is 297 g/mol. The molecule has 112 valence electrons. The van der Waals surface area contributed by atoms with Crippen LogP contribution in [0.3, 0.4) is 0 Å². The molecule has 20 heavy (non-hydrogen) atoms. The van der Waals surface area contributed by atoms with Crippen molar-refractivity contribution in [2.24, 2.45) is 0 Å². The van der Waals surface area contributed by atoms with Gasteiger partial charge in [-0.1, -0.05) is 13.8 Å². The van der Waals surface area contributed by atoms with Crippen LogP contribution >= 0.6 is 11.3 Å². The van der Waals surface area contributed by atoms with Gasteiger partial charge in [-0.2, -0.15) is 0 Å². The number of carbonyl (C=O) groups is 2. The van der Waals surface area contributed by atoms with Gasteiger partial charge in [0.15, 0.2) is 0 Å². The molecule has 0 N–H and O–H groups in total. The van der Waals surface area contributed by atoms with Gasteiger partial charge in [-0.15, -0.1) is 11.3 Å². The SMILES string of the molecule is CCCN(CC(=O)OCC)C(=O)c1cc(C)c(CC)s1. The number of amides is 1. The first kappa shape index (κ1) is 16.7. The summed E-state index contributed by atoms with van der Waals surface area (Å²) in [6, 6.07) is 1.92. The van der Waals surface area contributed by atoms with Gasteiger partial charge in [0.05, 0.1) is 11.5 Å². The molecule has 0 aliphatic carbocycles. The molecular formula is C15H23NO3S. The topological polar surface area (TPSA) is 46.6 Å². The van der Waals surface area contributed by atoms with E-state index in [4.69, 9.17) is 4.74 Å². The maximum Gasteiger partial charge on any atom is 0.325 e. The van der Waals surface area contributed by atoms with Crippen LogP contribution in [0.15, 0.2) is 6.07 Å². The van der Waals surface area contributed by atoms with Gasteiger partial charge in [0, 0.05) is 11.4 Å². The molecule has 0 aliphatic rings. The lowest BCUT2D eigenvalue weighted by Gasteiger charge is -2.20. The maximum atomic E-state index is 12.5. The zero-order chi connectivity index (χ0) is 15.1. The van der Waals surface area contributed by atoms with Crippen molar-refractivity contribution in [3.05, 3.63) is 21.4 Å². The number of aryl methyl sites for hydroxylation is 2. The Morgan fingerprint density at radius 3 is 2.50 bits per heavy atom. The first-order chi connectivity index (χ1) is 9.53. The van der Waals surface area contributed by atoms with E-state index >= 15 is 0 Å². The van der Waals surface area contributed by atoms with Crippen LogP contribution < -0.4 is 0 Å². The fraction of sp³-hybridized carbons (Fsp3) is 0.600. The maximum absolute atomic E-state index is 12.5. The summed E-state index contributed by atoms with van der Waals surface area (Å²) in [7, 11) is 0. The van der Waals surface area contributed by atoms with Crippen molar-refractivity contribution in [2.75, 3.05) is 19.7 Å². The van der Waals surface area contributed by atoms with Gasteiger partial charge in [0.25, 0.3) is 5.91 Å². The van der Waals surface area contributed by atoms with Crippen LogP contribution in [0.1, 0.15) is 47.3 Å². The molecule has 0 fully saturated rings. The Kier molecular flexibility index (Phi) is 6.71. The highest BCUT2D eigenvalue weighted by atomic mass is 32.1. The molecule has 0 saturated heterocycles. The smallest absolute Gasteiger partial charge is 0.325 e. The minimum Gasteiger partial charge on any atom is -0.465 e. The number of ether oxygens (including phenoxy) is 1. The predicted molar refractivity (Wildman–Crippen MR) is 81.3 cm³/mol. The second-order valence-electron chi connectivity index (χ2n) is 4.60. The van der Waals surface area contributed by atoms with Crippen molar-refractivity contribution in [3.63, 3.8) is 0 Å². The molecule has 0 aromatic carbocycles. The molecule has 0 saturated carbocycles. The molecule has 1 rings (SSSR count). The minimum absolute atomic E-state index is 0.0267. The molecule has 0 bridgehead atoms. The van der Waals surface area contributed by atoms with Crippen molar-refractivity contribution < 1.29 is 14.3 Å². The van der Waals surface area contributed by atoms with Crippen LogP contribution in [-0.2, 0) is 16.0 Å². The molecule has 1 aromatic heterocycles. The minimum atomic E-state index is -0.349. The standard InChI is InChI=1S/C15H23NO3S/c1-5-8-16(10-14(17)19-7-3)15(18)13-9-11(4)12(6-2)20-13/h9H,5-8,10H2,1-4H3. The van der Waals surface area contributed by atoms with E-state index in [-0.39, 0.29) is 18.4 Å². The van der Waals surface area contributed by atoms with Crippen molar-refractivity contribution in [2.45, 2.75) is 40.5 Å². The fourth-order valence-electron chi connectivity index (χ4n) is 2.02. The van der Waals surface area contributed by atoms with E-state index in [2.05, 4.69) is 6.92 Å².